The molecule has 0 aliphatic carbocycles. The number of thioether (sulfide) groups is 1. The van der Waals surface area contributed by atoms with Gasteiger partial charge in [0.05, 0.1) is 5.75 Å². The Morgan fingerprint density at radius 3 is 2.79 bits per heavy atom. The zero-order valence-electron chi connectivity index (χ0n) is 13.3. The zero-order valence-corrected chi connectivity index (χ0v) is 14.1. The average Bonchev–Trinajstić information content (AvgIpc) is 2.54. The van der Waals surface area contributed by atoms with Crippen LogP contribution < -0.4 is 11.0 Å². The van der Waals surface area contributed by atoms with Gasteiger partial charge in [0, 0.05) is 11.9 Å². The molecular weight excluding hydrogens is 324 g/mol. The first-order valence-electron chi connectivity index (χ1n) is 7.38. The Balaban J connectivity index is 1.70. The minimum absolute atomic E-state index is 0.134. The van der Waals surface area contributed by atoms with Crippen LogP contribution in [0.3, 0.4) is 0 Å². The molecule has 1 aromatic carbocycles. The standard InChI is InChI=1S/C17H16N4O2S/c1-11-4-3-5-13(8-11)18-15(22)10-24-16-19-14-7-6-12(2)9-21(14)17(23)20-16/h3-9H,10H2,1-2H3,(H,18,22). The molecule has 3 rings (SSSR count). The molecular formula is C17H16N4O2S. The number of fused-ring (bicyclic) bond motifs is 1. The van der Waals surface area contributed by atoms with Crippen molar-refractivity contribution in [2.75, 3.05) is 11.1 Å². The number of rotatable bonds is 4. The fourth-order valence-electron chi connectivity index (χ4n) is 2.22. The molecule has 1 amide bonds. The zero-order chi connectivity index (χ0) is 17.1. The van der Waals surface area contributed by atoms with E-state index in [1.807, 2.05) is 44.2 Å². The maximum Gasteiger partial charge on any atom is 0.355 e. The molecule has 0 fully saturated rings. The number of hydrogen-bond donors (Lipinski definition) is 1. The Morgan fingerprint density at radius 1 is 1.17 bits per heavy atom. The summed E-state index contributed by atoms with van der Waals surface area (Å²) in [4.78, 5) is 32.3. The molecule has 7 heteroatoms. The van der Waals surface area contributed by atoms with Crippen LogP contribution in [0.4, 0.5) is 5.69 Å². The summed E-state index contributed by atoms with van der Waals surface area (Å²) in [6.07, 6.45) is 1.69. The van der Waals surface area contributed by atoms with E-state index in [1.165, 1.54) is 4.40 Å². The average molecular weight is 340 g/mol. The number of carbonyl (C=O) groups is 1. The predicted molar refractivity (Wildman–Crippen MR) is 94.5 cm³/mol. The number of hydrogen-bond acceptors (Lipinski definition) is 5. The molecule has 0 bridgehead atoms. The second-order valence-corrected chi connectivity index (χ2v) is 6.37. The van der Waals surface area contributed by atoms with Gasteiger partial charge in [-0.25, -0.2) is 9.78 Å². The van der Waals surface area contributed by atoms with Crippen molar-refractivity contribution in [3.63, 3.8) is 0 Å². The summed E-state index contributed by atoms with van der Waals surface area (Å²) in [7, 11) is 0. The Bertz CT molecular complexity index is 968. The van der Waals surface area contributed by atoms with Crippen LogP contribution >= 0.6 is 11.8 Å². The van der Waals surface area contributed by atoms with Gasteiger partial charge in [-0.3, -0.25) is 9.20 Å². The lowest BCUT2D eigenvalue weighted by Crippen LogP contribution is -2.20. The summed E-state index contributed by atoms with van der Waals surface area (Å²) < 4.78 is 1.40. The molecule has 0 atom stereocenters. The van der Waals surface area contributed by atoms with Gasteiger partial charge in [0.15, 0.2) is 5.16 Å². The topological polar surface area (TPSA) is 76.4 Å². The summed E-state index contributed by atoms with van der Waals surface area (Å²) in [5, 5.41) is 3.11. The van der Waals surface area contributed by atoms with Gasteiger partial charge in [0.25, 0.3) is 0 Å². The van der Waals surface area contributed by atoms with E-state index in [2.05, 4.69) is 15.3 Å². The third kappa shape index (κ3) is 3.80. The van der Waals surface area contributed by atoms with Gasteiger partial charge >= 0.3 is 5.69 Å². The van der Waals surface area contributed by atoms with Crippen LogP contribution in [-0.4, -0.2) is 26.0 Å². The van der Waals surface area contributed by atoms with Crippen molar-refractivity contribution in [1.29, 1.82) is 0 Å². The summed E-state index contributed by atoms with van der Waals surface area (Å²) in [5.41, 5.74) is 2.89. The van der Waals surface area contributed by atoms with E-state index in [1.54, 1.807) is 12.3 Å². The number of nitrogens with one attached hydrogen (secondary N) is 1. The molecule has 0 radical (unpaired) electrons. The summed E-state index contributed by atoms with van der Waals surface area (Å²) >= 11 is 1.14. The lowest BCUT2D eigenvalue weighted by atomic mass is 10.2. The SMILES string of the molecule is Cc1cccc(NC(=O)CSc2nc(=O)n3cc(C)ccc3n2)c1. The van der Waals surface area contributed by atoms with Crippen molar-refractivity contribution in [3.8, 4) is 0 Å². The maximum absolute atomic E-state index is 12.0. The number of aromatic nitrogens is 3. The Morgan fingerprint density at radius 2 is 2.00 bits per heavy atom. The van der Waals surface area contributed by atoms with Crippen LogP contribution in [0.1, 0.15) is 11.1 Å². The van der Waals surface area contributed by atoms with Crippen LogP contribution in [0.25, 0.3) is 5.65 Å². The highest BCUT2D eigenvalue weighted by atomic mass is 32.2. The van der Waals surface area contributed by atoms with E-state index in [9.17, 15) is 9.59 Å². The van der Waals surface area contributed by atoms with Crippen molar-refractivity contribution in [2.24, 2.45) is 0 Å². The molecule has 0 saturated carbocycles. The molecule has 0 spiro atoms. The van der Waals surface area contributed by atoms with Crippen molar-refractivity contribution in [1.82, 2.24) is 14.4 Å². The smallest absolute Gasteiger partial charge is 0.325 e. The number of anilines is 1. The van der Waals surface area contributed by atoms with E-state index in [4.69, 9.17) is 0 Å². The highest BCUT2D eigenvalue weighted by molar-refractivity contribution is 7.99. The van der Waals surface area contributed by atoms with Crippen molar-refractivity contribution >= 4 is 29.0 Å². The molecule has 2 aromatic heterocycles. The Kier molecular flexibility index (Phi) is 4.61. The fraction of sp³-hybridized carbons (Fsp3) is 0.176. The highest BCUT2D eigenvalue weighted by Gasteiger charge is 2.08. The van der Waals surface area contributed by atoms with Crippen molar-refractivity contribution in [3.05, 3.63) is 64.2 Å². The molecule has 0 aliphatic rings. The van der Waals surface area contributed by atoms with Crippen molar-refractivity contribution in [2.45, 2.75) is 19.0 Å². The van der Waals surface area contributed by atoms with E-state index in [0.717, 1.165) is 28.6 Å². The van der Waals surface area contributed by atoms with Gasteiger partial charge in [-0.1, -0.05) is 30.0 Å². The number of nitrogens with zero attached hydrogens (tertiary/aromatic N) is 3. The first-order chi connectivity index (χ1) is 11.5. The van der Waals surface area contributed by atoms with Gasteiger partial charge in [0.1, 0.15) is 5.65 Å². The summed E-state index contributed by atoms with van der Waals surface area (Å²) in [6, 6.07) is 11.2. The molecule has 0 unspecified atom stereocenters. The van der Waals surface area contributed by atoms with Crippen LogP contribution in [0.15, 0.2) is 52.5 Å². The van der Waals surface area contributed by atoms with Gasteiger partial charge in [0.2, 0.25) is 5.91 Å². The van der Waals surface area contributed by atoms with Crippen molar-refractivity contribution < 1.29 is 4.79 Å². The molecule has 2 heterocycles. The minimum atomic E-state index is -0.398. The van der Waals surface area contributed by atoms with Crippen LogP contribution in [0.2, 0.25) is 0 Å². The van der Waals surface area contributed by atoms with Crippen LogP contribution in [0, 0.1) is 13.8 Å². The second kappa shape index (κ2) is 6.84. The second-order valence-electron chi connectivity index (χ2n) is 5.43. The Labute approximate surface area is 143 Å². The van der Waals surface area contributed by atoms with Gasteiger partial charge < -0.3 is 5.32 Å². The predicted octanol–water partition coefficient (Wildman–Crippen LogP) is 2.44. The largest absolute Gasteiger partial charge is 0.355 e. The maximum atomic E-state index is 12.0. The molecule has 6 nitrogen and oxygen atoms in total. The third-order valence-electron chi connectivity index (χ3n) is 3.32. The lowest BCUT2D eigenvalue weighted by molar-refractivity contribution is -0.113. The number of aryl methyl sites for hydroxylation is 2. The molecule has 122 valence electrons. The van der Waals surface area contributed by atoms with E-state index >= 15 is 0 Å². The van der Waals surface area contributed by atoms with E-state index in [-0.39, 0.29) is 11.7 Å². The Hall–Kier alpha value is -2.67. The van der Waals surface area contributed by atoms with E-state index in [0.29, 0.717) is 10.8 Å². The van der Waals surface area contributed by atoms with E-state index < -0.39 is 5.69 Å². The molecule has 24 heavy (non-hydrogen) atoms. The monoisotopic (exact) mass is 340 g/mol. The van der Waals surface area contributed by atoms with Crippen LogP contribution in [0.5, 0.6) is 0 Å². The van der Waals surface area contributed by atoms with Gasteiger partial charge in [-0.2, -0.15) is 4.98 Å². The first-order valence-corrected chi connectivity index (χ1v) is 8.36. The molecule has 0 aliphatic heterocycles. The third-order valence-corrected chi connectivity index (χ3v) is 4.16. The highest BCUT2D eigenvalue weighted by Crippen LogP contribution is 2.14. The normalized spacial score (nSPS) is 10.8. The molecule has 3 aromatic rings. The number of carbonyl (C=O) groups excluding carboxylic acids is 1. The fourth-order valence-corrected chi connectivity index (χ4v) is 2.85. The lowest BCUT2D eigenvalue weighted by Gasteiger charge is -2.06. The quantitative estimate of drug-likeness (QED) is 0.738. The molecule has 0 saturated heterocycles. The number of pyridine rings is 1. The van der Waals surface area contributed by atoms with Crippen LogP contribution in [-0.2, 0) is 4.79 Å². The summed E-state index contributed by atoms with van der Waals surface area (Å²) in [5.74, 6) is -0.0339. The first kappa shape index (κ1) is 16.2. The number of benzene rings is 1. The van der Waals surface area contributed by atoms with Gasteiger partial charge in [-0.05, 0) is 43.2 Å². The minimum Gasteiger partial charge on any atom is -0.325 e. The molecule has 1 N–H and O–H groups in total. The summed E-state index contributed by atoms with van der Waals surface area (Å²) in [6.45, 7) is 3.85. The number of amides is 1. The van der Waals surface area contributed by atoms with Gasteiger partial charge in [-0.15, -0.1) is 0 Å².